The fourth-order valence-electron chi connectivity index (χ4n) is 1.51. The predicted octanol–water partition coefficient (Wildman–Crippen LogP) is 3.19. The van der Waals surface area contributed by atoms with Crippen LogP contribution >= 0.6 is 11.3 Å². The van der Waals surface area contributed by atoms with Crippen molar-refractivity contribution in [2.75, 3.05) is 12.3 Å². The second-order valence-electron chi connectivity index (χ2n) is 3.19. The first-order valence-electron chi connectivity index (χ1n) is 4.63. The van der Waals surface area contributed by atoms with Gasteiger partial charge in [-0.25, -0.2) is 0 Å². The highest BCUT2D eigenvalue weighted by Crippen LogP contribution is 2.37. The van der Waals surface area contributed by atoms with Crippen LogP contribution in [0.4, 0.5) is 5.69 Å². The lowest BCUT2D eigenvalue weighted by Gasteiger charge is -2.10. The minimum absolute atomic E-state index is 0.678. The fourth-order valence-corrected chi connectivity index (χ4v) is 2.45. The first kappa shape index (κ1) is 9.34. The van der Waals surface area contributed by atoms with E-state index in [1.54, 1.807) is 11.3 Å². The third kappa shape index (κ3) is 1.34. The standard InChI is InChI=1S/C11H13NOS/c1-3-13-10-7(2)9(12)6-8-4-5-14-11(8)10/h4-6H,3,12H2,1-2H3. The lowest BCUT2D eigenvalue weighted by molar-refractivity contribution is 0.343. The van der Waals surface area contributed by atoms with Gasteiger partial charge in [-0.15, -0.1) is 11.3 Å². The van der Waals surface area contributed by atoms with Gasteiger partial charge in [0, 0.05) is 11.3 Å². The third-order valence-electron chi connectivity index (χ3n) is 2.28. The Morgan fingerprint density at radius 1 is 1.50 bits per heavy atom. The molecule has 1 heterocycles. The van der Waals surface area contributed by atoms with Crippen LogP contribution < -0.4 is 10.5 Å². The fraction of sp³-hybridized carbons (Fsp3) is 0.273. The number of hydrogen-bond acceptors (Lipinski definition) is 3. The van der Waals surface area contributed by atoms with E-state index >= 15 is 0 Å². The predicted molar refractivity (Wildman–Crippen MR) is 62.1 cm³/mol. The van der Waals surface area contributed by atoms with E-state index in [1.807, 2.05) is 19.9 Å². The Morgan fingerprint density at radius 2 is 2.29 bits per heavy atom. The number of nitrogens with two attached hydrogens (primary N) is 1. The molecule has 1 aromatic heterocycles. The van der Waals surface area contributed by atoms with E-state index in [4.69, 9.17) is 10.5 Å². The molecule has 3 heteroatoms. The van der Waals surface area contributed by atoms with Crippen molar-refractivity contribution in [3.8, 4) is 5.75 Å². The smallest absolute Gasteiger partial charge is 0.142 e. The number of fused-ring (bicyclic) bond motifs is 1. The third-order valence-corrected chi connectivity index (χ3v) is 3.20. The van der Waals surface area contributed by atoms with Gasteiger partial charge in [0.05, 0.1) is 11.3 Å². The first-order valence-corrected chi connectivity index (χ1v) is 5.51. The van der Waals surface area contributed by atoms with Gasteiger partial charge in [-0.05, 0) is 36.7 Å². The molecule has 1 aromatic carbocycles. The van der Waals surface area contributed by atoms with E-state index in [-0.39, 0.29) is 0 Å². The Labute approximate surface area is 87.3 Å². The summed E-state index contributed by atoms with van der Waals surface area (Å²) in [6.45, 7) is 4.67. The molecular formula is C11H13NOS. The summed E-state index contributed by atoms with van der Waals surface area (Å²) in [6, 6.07) is 4.07. The lowest BCUT2D eigenvalue weighted by atomic mass is 10.1. The second kappa shape index (κ2) is 3.50. The van der Waals surface area contributed by atoms with Gasteiger partial charge in [0.1, 0.15) is 5.75 Å². The summed E-state index contributed by atoms with van der Waals surface area (Å²) in [7, 11) is 0. The van der Waals surface area contributed by atoms with Crippen LogP contribution in [-0.4, -0.2) is 6.61 Å². The number of anilines is 1. The van der Waals surface area contributed by atoms with Crippen molar-refractivity contribution < 1.29 is 4.74 Å². The summed E-state index contributed by atoms with van der Waals surface area (Å²) >= 11 is 1.70. The lowest BCUT2D eigenvalue weighted by Crippen LogP contribution is -1.97. The minimum atomic E-state index is 0.678. The highest BCUT2D eigenvalue weighted by atomic mass is 32.1. The Kier molecular flexibility index (Phi) is 2.33. The summed E-state index contributed by atoms with van der Waals surface area (Å²) in [4.78, 5) is 0. The Bertz CT molecular complexity index is 462. The maximum atomic E-state index is 5.90. The molecule has 0 aliphatic carbocycles. The molecule has 0 aliphatic rings. The van der Waals surface area contributed by atoms with Gasteiger partial charge in [-0.1, -0.05) is 0 Å². The van der Waals surface area contributed by atoms with E-state index in [0.29, 0.717) is 6.61 Å². The second-order valence-corrected chi connectivity index (χ2v) is 4.11. The summed E-state index contributed by atoms with van der Waals surface area (Å²) in [6.07, 6.45) is 0. The van der Waals surface area contributed by atoms with E-state index in [2.05, 4.69) is 11.4 Å². The van der Waals surface area contributed by atoms with Gasteiger partial charge in [-0.2, -0.15) is 0 Å². The zero-order valence-corrected chi connectivity index (χ0v) is 9.15. The topological polar surface area (TPSA) is 35.2 Å². The Morgan fingerprint density at radius 3 is 3.00 bits per heavy atom. The summed E-state index contributed by atoms with van der Waals surface area (Å²) < 4.78 is 6.81. The van der Waals surface area contributed by atoms with Gasteiger partial charge < -0.3 is 10.5 Å². The maximum absolute atomic E-state index is 5.90. The summed E-state index contributed by atoms with van der Waals surface area (Å²) in [5.41, 5.74) is 7.75. The maximum Gasteiger partial charge on any atom is 0.142 e. The van der Waals surface area contributed by atoms with Gasteiger partial charge >= 0.3 is 0 Å². The molecule has 2 rings (SSSR count). The number of benzene rings is 1. The number of nitrogen functional groups attached to an aromatic ring is 1. The number of hydrogen-bond donors (Lipinski definition) is 1. The van der Waals surface area contributed by atoms with Crippen LogP contribution in [0.25, 0.3) is 10.1 Å². The molecule has 2 N–H and O–H groups in total. The Balaban J connectivity index is 2.73. The van der Waals surface area contributed by atoms with Crippen LogP contribution in [-0.2, 0) is 0 Å². The molecule has 0 amide bonds. The average molecular weight is 207 g/mol. The molecule has 0 atom stereocenters. The minimum Gasteiger partial charge on any atom is -0.492 e. The zero-order valence-electron chi connectivity index (χ0n) is 8.33. The average Bonchev–Trinajstić information content (AvgIpc) is 2.60. The molecule has 0 fully saturated rings. The monoisotopic (exact) mass is 207 g/mol. The molecule has 0 radical (unpaired) electrons. The van der Waals surface area contributed by atoms with Crippen LogP contribution in [0.5, 0.6) is 5.75 Å². The number of thiophene rings is 1. The largest absolute Gasteiger partial charge is 0.492 e. The first-order chi connectivity index (χ1) is 6.74. The summed E-state index contributed by atoms with van der Waals surface area (Å²) in [5.74, 6) is 0.942. The zero-order chi connectivity index (χ0) is 10.1. The van der Waals surface area contributed by atoms with E-state index in [1.165, 1.54) is 10.1 Å². The molecule has 0 bridgehead atoms. The van der Waals surface area contributed by atoms with E-state index in [0.717, 1.165) is 17.0 Å². The molecular weight excluding hydrogens is 194 g/mol. The van der Waals surface area contributed by atoms with Gasteiger partial charge in [0.25, 0.3) is 0 Å². The van der Waals surface area contributed by atoms with Gasteiger partial charge in [0.15, 0.2) is 0 Å². The van der Waals surface area contributed by atoms with Crippen molar-refractivity contribution >= 4 is 27.1 Å². The Hall–Kier alpha value is -1.22. The van der Waals surface area contributed by atoms with Crippen molar-refractivity contribution in [1.82, 2.24) is 0 Å². The van der Waals surface area contributed by atoms with Crippen molar-refractivity contribution in [3.05, 3.63) is 23.1 Å². The summed E-state index contributed by atoms with van der Waals surface area (Å²) in [5, 5.41) is 3.23. The molecule has 0 saturated carbocycles. The molecule has 2 nitrogen and oxygen atoms in total. The molecule has 0 unspecified atom stereocenters. The van der Waals surface area contributed by atoms with Gasteiger partial charge in [-0.3, -0.25) is 0 Å². The van der Waals surface area contributed by atoms with Crippen LogP contribution in [0.15, 0.2) is 17.5 Å². The molecule has 14 heavy (non-hydrogen) atoms. The molecule has 0 aliphatic heterocycles. The molecule has 0 spiro atoms. The van der Waals surface area contributed by atoms with Crippen molar-refractivity contribution in [2.24, 2.45) is 0 Å². The van der Waals surface area contributed by atoms with E-state index < -0.39 is 0 Å². The normalized spacial score (nSPS) is 10.7. The van der Waals surface area contributed by atoms with Gasteiger partial charge in [0.2, 0.25) is 0 Å². The number of ether oxygens (including phenoxy) is 1. The highest BCUT2D eigenvalue weighted by Gasteiger charge is 2.09. The van der Waals surface area contributed by atoms with Crippen molar-refractivity contribution in [2.45, 2.75) is 13.8 Å². The van der Waals surface area contributed by atoms with Crippen LogP contribution in [0.2, 0.25) is 0 Å². The van der Waals surface area contributed by atoms with E-state index in [9.17, 15) is 0 Å². The van der Waals surface area contributed by atoms with Crippen LogP contribution in [0.1, 0.15) is 12.5 Å². The molecule has 74 valence electrons. The SMILES string of the molecule is CCOc1c(C)c(N)cc2ccsc12. The highest BCUT2D eigenvalue weighted by molar-refractivity contribution is 7.17. The van der Waals surface area contributed by atoms with Crippen molar-refractivity contribution in [1.29, 1.82) is 0 Å². The molecule has 2 aromatic rings. The van der Waals surface area contributed by atoms with Crippen molar-refractivity contribution in [3.63, 3.8) is 0 Å². The number of rotatable bonds is 2. The molecule has 0 saturated heterocycles. The quantitative estimate of drug-likeness (QED) is 0.767. The van der Waals surface area contributed by atoms with Crippen LogP contribution in [0.3, 0.4) is 0 Å². The van der Waals surface area contributed by atoms with Crippen LogP contribution in [0, 0.1) is 6.92 Å².